The van der Waals surface area contributed by atoms with E-state index in [4.69, 9.17) is 18.9 Å². The molecule has 0 fully saturated rings. The highest BCUT2D eigenvalue weighted by Gasteiger charge is 2.08. The normalized spacial score (nSPS) is 11.5. The number of carbonyl (C=O) groups is 2. The van der Waals surface area contributed by atoms with Gasteiger partial charge in [-0.1, -0.05) is 142 Å². The van der Waals surface area contributed by atoms with E-state index in [2.05, 4.69) is 25.0 Å². The van der Waals surface area contributed by atoms with Gasteiger partial charge >= 0.3 is 11.9 Å². The zero-order valence-electron chi connectivity index (χ0n) is 34.2. The third-order valence-corrected chi connectivity index (χ3v) is 10.2. The molecule has 0 aromatic carbocycles. The van der Waals surface area contributed by atoms with Gasteiger partial charge in [-0.2, -0.15) is 11.8 Å². The van der Waals surface area contributed by atoms with Crippen LogP contribution in [0.3, 0.4) is 0 Å². The van der Waals surface area contributed by atoms with Crippen LogP contribution < -0.4 is 0 Å². The van der Waals surface area contributed by atoms with Gasteiger partial charge in [0.15, 0.2) is 0 Å². The largest absolute Gasteiger partial charge is 0.466 e. The lowest BCUT2D eigenvalue weighted by atomic mass is 10.1. The van der Waals surface area contributed by atoms with Gasteiger partial charge in [0.05, 0.1) is 39.6 Å². The summed E-state index contributed by atoms with van der Waals surface area (Å²) in [5, 5.41) is 0. The summed E-state index contributed by atoms with van der Waals surface area (Å²) in [6, 6.07) is 0. The van der Waals surface area contributed by atoms with Crippen molar-refractivity contribution < 1.29 is 28.5 Å². The predicted molar refractivity (Wildman–Crippen MR) is 219 cm³/mol. The summed E-state index contributed by atoms with van der Waals surface area (Å²) in [6.07, 6.45) is 34.8. The fourth-order valence-corrected chi connectivity index (χ4v) is 6.54. The SMILES string of the molecule is CCCCCCCCCCCCOC(=O)CCCCCN(CCCCCC(=O)OCCCCCCCCCCCC)CCOCCOCCSC. The maximum atomic E-state index is 12.2. The van der Waals surface area contributed by atoms with Crippen LogP contribution in [0.4, 0.5) is 0 Å². The number of unbranched alkanes of at least 4 members (excludes halogenated alkanes) is 22. The topological polar surface area (TPSA) is 74.3 Å². The number of hydrogen-bond donors (Lipinski definition) is 0. The van der Waals surface area contributed by atoms with Crippen LogP contribution in [0, 0.1) is 0 Å². The van der Waals surface area contributed by atoms with Gasteiger partial charge in [-0.25, -0.2) is 0 Å². The molecule has 0 aliphatic carbocycles. The van der Waals surface area contributed by atoms with Crippen molar-refractivity contribution >= 4 is 23.7 Å². The Hall–Kier alpha value is -0.830. The average molecular weight is 744 g/mol. The van der Waals surface area contributed by atoms with Crippen LogP contribution in [-0.4, -0.2) is 88.1 Å². The van der Waals surface area contributed by atoms with E-state index in [9.17, 15) is 9.59 Å². The Labute approximate surface area is 321 Å². The molecule has 0 aromatic rings. The predicted octanol–water partition coefficient (Wildman–Crippen LogP) is 11.7. The Balaban J connectivity index is 4.01. The van der Waals surface area contributed by atoms with E-state index in [-0.39, 0.29) is 11.9 Å². The van der Waals surface area contributed by atoms with Crippen molar-refractivity contribution in [3.63, 3.8) is 0 Å². The molecule has 0 amide bonds. The van der Waals surface area contributed by atoms with Crippen LogP contribution in [0.1, 0.15) is 194 Å². The first-order valence-corrected chi connectivity index (χ1v) is 23.2. The summed E-state index contributed by atoms with van der Waals surface area (Å²) < 4.78 is 22.4. The number of hydrogen-bond acceptors (Lipinski definition) is 8. The number of nitrogens with zero attached hydrogens (tertiary/aromatic N) is 1. The van der Waals surface area contributed by atoms with E-state index < -0.39 is 0 Å². The minimum atomic E-state index is -0.0436. The summed E-state index contributed by atoms with van der Waals surface area (Å²) in [5.41, 5.74) is 0. The molecule has 304 valence electrons. The molecule has 0 atom stereocenters. The lowest BCUT2D eigenvalue weighted by molar-refractivity contribution is -0.144. The number of thioether (sulfide) groups is 1. The molecule has 0 saturated heterocycles. The molecular formula is C43H85NO6S. The zero-order chi connectivity index (χ0) is 37.1. The van der Waals surface area contributed by atoms with Crippen LogP contribution in [0.5, 0.6) is 0 Å². The van der Waals surface area contributed by atoms with E-state index in [1.807, 2.05) is 0 Å². The summed E-state index contributed by atoms with van der Waals surface area (Å²) in [7, 11) is 0. The van der Waals surface area contributed by atoms with Crippen LogP contribution in [0.15, 0.2) is 0 Å². The summed E-state index contributed by atoms with van der Waals surface area (Å²) in [4.78, 5) is 26.9. The maximum Gasteiger partial charge on any atom is 0.305 e. The number of esters is 2. The quantitative estimate of drug-likeness (QED) is 0.0451. The molecule has 0 aliphatic heterocycles. The highest BCUT2D eigenvalue weighted by molar-refractivity contribution is 7.98. The second-order valence-electron chi connectivity index (χ2n) is 14.5. The minimum Gasteiger partial charge on any atom is -0.466 e. The summed E-state index contributed by atoms with van der Waals surface area (Å²) >= 11 is 1.79. The Morgan fingerprint density at radius 1 is 0.412 bits per heavy atom. The van der Waals surface area contributed by atoms with Gasteiger partial charge in [0.2, 0.25) is 0 Å². The standard InChI is InChI=1S/C43H85NO6S/c1-4-6-8-10-12-14-16-18-20-28-35-49-42(45)30-24-22-26-32-44(34-37-47-38-39-48-40-41-51-3)33-27-23-25-31-43(46)50-36-29-21-19-17-15-13-11-9-7-5-2/h4-41H2,1-3H3. The van der Waals surface area contributed by atoms with Crippen molar-refractivity contribution in [1.82, 2.24) is 4.90 Å². The van der Waals surface area contributed by atoms with Crippen molar-refractivity contribution in [2.24, 2.45) is 0 Å². The van der Waals surface area contributed by atoms with Crippen molar-refractivity contribution in [1.29, 1.82) is 0 Å². The molecular weight excluding hydrogens is 659 g/mol. The monoisotopic (exact) mass is 744 g/mol. The Bertz CT molecular complexity index is 664. The van der Waals surface area contributed by atoms with Gasteiger partial charge in [0, 0.05) is 25.1 Å². The summed E-state index contributed by atoms with van der Waals surface area (Å²) in [6.45, 7) is 11.3. The van der Waals surface area contributed by atoms with Gasteiger partial charge in [-0.05, 0) is 57.9 Å². The van der Waals surface area contributed by atoms with Crippen LogP contribution >= 0.6 is 11.8 Å². The van der Waals surface area contributed by atoms with Crippen molar-refractivity contribution in [2.75, 3.05) is 71.3 Å². The van der Waals surface area contributed by atoms with Crippen LogP contribution in [0.2, 0.25) is 0 Å². The highest BCUT2D eigenvalue weighted by atomic mass is 32.2. The smallest absolute Gasteiger partial charge is 0.305 e. The second kappa shape index (κ2) is 43.6. The van der Waals surface area contributed by atoms with Gasteiger partial charge in [0.1, 0.15) is 0 Å². The first-order chi connectivity index (χ1) is 25.1. The van der Waals surface area contributed by atoms with Gasteiger partial charge in [-0.15, -0.1) is 0 Å². The molecule has 0 N–H and O–H groups in total. The third kappa shape index (κ3) is 41.8. The van der Waals surface area contributed by atoms with E-state index >= 15 is 0 Å². The van der Waals surface area contributed by atoms with Gasteiger partial charge in [0.25, 0.3) is 0 Å². The van der Waals surface area contributed by atoms with E-state index in [1.165, 1.54) is 103 Å². The molecule has 0 spiro atoms. The number of carbonyl (C=O) groups excluding carboxylic acids is 2. The van der Waals surface area contributed by atoms with E-state index in [0.29, 0.717) is 45.9 Å². The second-order valence-corrected chi connectivity index (χ2v) is 15.5. The highest BCUT2D eigenvalue weighted by Crippen LogP contribution is 2.13. The summed E-state index contributed by atoms with van der Waals surface area (Å²) in [5.74, 6) is 0.929. The Morgan fingerprint density at radius 2 is 0.784 bits per heavy atom. The van der Waals surface area contributed by atoms with Crippen molar-refractivity contribution in [3.05, 3.63) is 0 Å². The first kappa shape index (κ1) is 50.2. The lowest BCUT2D eigenvalue weighted by Gasteiger charge is -2.22. The number of ether oxygens (including phenoxy) is 4. The zero-order valence-corrected chi connectivity index (χ0v) is 35.0. The molecule has 0 radical (unpaired) electrons. The van der Waals surface area contributed by atoms with E-state index in [1.54, 1.807) is 11.8 Å². The number of rotatable bonds is 43. The fraction of sp³-hybridized carbons (Fsp3) is 0.953. The molecule has 0 saturated carbocycles. The Kier molecular flexibility index (Phi) is 42.9. The van der Waals surface area contributed by atoms with Crippen molar-refractivity contribution in [3.8, 4) is 0 Å². The van der Waals surface area contributed by atoms with Gasteiger partial charge < -0.3 is 23.8 Å². The fourth-order valence-electron chi connectivity index (χ4n) is 6.25. The molecule has 0 rings (SSSR count). The molecule has 7 nitrogen and oxygen atoms in total. The van der Waals surface area contributed by atoms with Crippen LogP contribution in [-0.2, 0) is 28.5 Å². The van der Waals surface area contributed by atoms with Crippen LogP contribution in [0.25, 0.3) is 0 Å². The first-order valence-electron chi connectivity index (χ1n) is 21.8. The molecule has 8 heteroatoms. The minimum absolute atomic E-state index is 0.0436. The maximum absolute atomic E-state index is 12.2. The van der Waals surface area contributed by atoms with E-state index in [0.717, 1.165) is 96.2 Å². The molecule has 0 aromatic heterocycles. The third-order valence-electron chi connectivity index (χ3n) is 9.59. The molecule has 51 heavy (non-hydrogen) atoms. The average Bonchev–Trinajstić information content (AvgIpc) is 3.13. The molecule has 0 unspecified atom stereocenters. The molecule has 0 aliphatic rings. The van der Waals surface area contributed by atoms with Crippen molar-refractivity contribution in [2.45, 2.75) is 194 Å². The molecule has 0 heterocycles. The van der Waals surface area contributed by atoms with Gasteiger partial charge in [-0.3, -0.25) is 9.59 Å². The lowest BCUT2D eigenvalue weighted by Crippen LogP contribution is -2.30. The molecule has 0 bridgehead atoms. The Morgan fingerprint density at radius 3 is 1.20 bits per heavy atom.